The van der Waals surface area contributed by atoms with E-state index >= 15 is 0 Å². The van der Waals surface area contributed by atoms with Crippen LogP contribution in [0.3, 0.4) is 0 Å². The second-order valence-corrected chi connectivity index (χ2v) is 5.15. The lowest BCUT2D eigenvalue weighted by atomic mass is 9.93. The zero-order valence-electron chi connectivity index (χ0n) is 9.45. The molecule has 0 aliphatic heterocycles. The van der Waals surface area contributed by atoms with Crippen LogP contribution in [0.4, 0.5) is 0 Å². The van der Waals surface area contributed by atoms with Gasteiger partial charge < -0.3 is 0 Å². The summed E-state index contributed by atoms with van der Waals surface area (Å²) in [5.74, 6) is 1.63. The van der Waals surface area contributed by atoms with Crippen LogP contribution in [0.5, 0.6) is 0 Å². The minimum Gasteiger partial charge on any atom is -0.300 e. The number of ketones is 1. The molecular formula is C11H21NOS. The van der Waals surface area contributed by atoms with E-state index in [0.717, 1.165) is 25.7 Å². The molecule has 1 aliphatic carbocycles. The van der Waals surface area contributed by atoms with Gasteiger partial charge in [0.05, 0.1) is 0 Å². The molecule has 82 valence electrons. The fourth-order valence-electron chi connectivity index (χ4n) is 2.05. The molecule has 14 heavy (non-hydrogen) atoms. The maximum absolute atomic E-state index is 11.1. The molecule has 0 bridgehead atoms. The molecule has 0 aromatic rings. The summed E-state index contributed by atoms with van der Waals surface area (Å²) in [7, 11) is 2.20. The summed E-state index contributed by atoms with van der Waals surface area (Å²) < 4.78 is 0. The number of thioether (sulfide) groups is 1. The smallest absolute Gasteiger partial charge is 0.133 e. The van der Waals surface area contributed by atoms with E-state index in [2.05, 4.69) is 25.1 Å². The molecule has 1 rings (SSSR count). The molecule has 3 heteroatoms. The van der Waals surface area contributed by atoms with Crippen molar-refractivity contribution in [2.45, 2.75) is 44.7 Å². The van der Waals surface area contributed by atoms with Crippen LogP contribution >= 0.6 is 11.8 Å². The average Bonchev–Trinajstić information content (AvgIpc) is 2.18. The van der Waals surface area contributed by atoms with Gasteiger partial charge in [-0.3, -0.25) is 9.69 Å². The Balaban J connectivity index is 2.36. The van der Waals surface area contributed by atoms with E-state index in [1.54, 1.807) is 0 Å². The van der Waals surface area contributed by atoms with Gasteiger partial charge in [-0.05, 0) is 33.1 Å². The van der Waals surface area contributed by atoms with Crippen molar-refractivity contribution in [2.24, 2.45) is 0 Å². The Morgan fingerprint density at radius 1 is 1.50 bits per heavy atom. The van der Waals surface area contributed by atoms with E-state index in [-0.39, 0.29) is 0 Å². The highest BCUT2D eigenvalue weighted by Crippen LogP contribution is 2.21. The Bertz CT molecular complexity index is 186. The number of hydrogen-bond donors (Lipinski definition) is 0. The molecule has 1 atom stereocenters. The zero-order chi connectivity index (χ0) is 10.6. The van der Waals surface area contributed by atoms with Crippen LogP contribution in [-0.2, 0) is 4.79 Å². The number of nitrogens with zero attached hydrogens (tertiary/aromatic N) is 1. The Labute approximate surface area is 91.4 Å². The standard InChI is InChI=1S/C11H21NOS/c1-9(8-14-3)12(2)10-4-6-11(13)7-5-10/h9-10H,4-8H2,1-3H3. The summed E-state index contributed by atoms with van der Waals surface area (Å²) >= 11 is 1.89. The highest BCUT2D eigenvalue weighted by atomic mass is 32.2. The predicted octanol–water partition coefficient (Wildman–Crippen LogP) is 2.18. The average molecular weight is 215 g/mol. The van der Waals surface area contributed by atoms with Crippen LogP contribution in [-0.4, -0.2) is 41.8 Å². The van der Waals surface area contributed by atoms with E-state index in [4.69, 9.17) is 0 Å². The number of hydrogen-bond acceptors (Lipinski definition) is 3. The molecule has 0 heterocycles. The first-order valence-electron chi connectivity index (χ1n) is 5.37. The number of rotatable bonds is 4. The van der Waals surface area contributed by atoms with Crippen LogP contribution in [0.1, 0.15) is 32.6 Å². The van der Waals surface area contributed by atoms with E-state index in [1.165, 1.54) is 5.75 Å². The highest BCUT2D eigenvalue weighted by molar-refractivity contribution is 7.98. The molecule has 0 amide bonds. The molecule has 1 saturated carbocycles. The van der Waals surface area contributed by atoms with E-state index in [9.17, 15) is 4.79 Å². The molecule has 2 nitrogen and oxygen atoms in total. The van der Waals surface area contributed by atoms with Crippen molar-refractivity contribution in [1.29, 1.82) is 0 Å². The molecule has 1 fully saturated rings. The van der Waals surface area contributed by atoms with Gasteiger partial charge in [-0.1, -0.05) is 0 Å². The summed E-state index contributed by atoms with van der Waals surface area (Å²) in [4.78, 5) is 13.6. The van der Waals surface area contributed by atoms with Gasteiger partial charge in [0.25, 0.3) is 0 Å². The lowest BCUT2D eigenvalue weighted by Crippen LogP contribution is -2.42. The van der Waals surface area contributed by atoms with Crippen molar-refractivity contribution in [3.05, 3.63) is 0 Å². The Hall–Kier alpha value is -0.0200. The van der Waals surface area contributed by atoms with Gasteiger partial charge >= 0.3 is 0 Å². The van der Waals surface area contributed by atoms with Crippen LogP contribution in [0.2, 0.25) is 0 Å². The van der Waals surface area contributed by atoms with Gasteiger partial charge in [0.1, 0.15) is 5.78 Å². The van der Waals surface area contributed by atoms with Crippen LogP contribution < -0.4 is 0 Å². The van der Waals surface area contributed by atoms with E-state index in [1.807, 2.05) is 11.8 Å². The van der Waals surface area contributed by atoms with Crippen LogP contribution in [0.15, 0.2) is 0 Å². The molecule has 0 N–H and O–H groups in total. The third kappa shape index (κ3) is 3.28. The monoisotopic (exact) mass is 215 g/mol. The maximum Gasteiger partial charge on any atom is 0.133 e. The fourth-order valence-corrected chi connectivity index (χ4v) is 2.77. The van der Waals surface area contributed by atoms with Gasteiger partial charge in [0.15, 0.2) is 0 Å². The Morgan fingerprint density at radius 3 is 2.57 bits per heavy atom. The first-order chi connectivity index (χ1) is 6.65. The van der Waals surface area contributed by atoms with Gasteiger partial charge in [0, 0.05) is 30.7 Å². The number of Topliss-reactive ketones (excluding diaryl/α,β-unsaturated/α-hetero) is 1. The van der Waals surface area contributed by atoms with Gasteiger partial charge in [-0.25, -0.2) is 0 Å². The van der Waals surface area contributed by atoms with Gasteiger partial charge in [-0.2, -0.15) is 11.8 Å². The summed E-state index contributed by atoms with van der Waals surface area (Å²) in [6.07, 6.45) is 5.86. The summed E-state index contributed by atoms with van der Waals surface area (Å²) in [6, 6.07) is 1.26. The number of carbonyl (C=O) groups is 1. The van der Waals surface area contributed by atoms with Crippen molar-refractivity contribution in [2.75, 3.05) is 19.1 Å². The van der Waals surface area contributed by atoms with Crippen LogP contribution in [0, 0.1) is 0 Å². The SMILES string of the molecule is CSCC(C)N(C)C1CCC(=O)CC1. The maximum atomic E-state index is 11.1. The summed E-state index contributed by atoms with van der Waals surface area (Å²) in [6.45, 7) is 2.27. The van der Waals surface area contributed by atoms with Crippen LogP contribution in [0.25, 0.3) is 0 Å². The number of carbonyl (C=O) groups excluding carboxylic acids is 1. The Kier molecular flexibility index (Phi) is 4.96. The summed E-state index contributed by atoms with van der Waals surface area (Å²) in [5.41, 5.74) is 0. The quantitative estimate of drug-likeness (QED) is 0.717. The lowest BCUT2D eigenvalue weighted by molar-refractivity contribution is -0.121. The first-order valence-corrected chi connectivity index (χ1v) is 6.77. The van der Waals surface area contributed by atoms with Gasteiger partial charge in [0.2, 0.25) is 0 Å². The molecule has 0 aromatic heterocycles. The van der Waals surface area contributed by atoms with Crippen molar-refractivity contribution < 1.29 is 4.79 Å². The second kappa shape index (κ2) is 5.76. The van der Waals surface area contributed by atoms with Gasteiger partial charge in [-0.15, -0.1) is 0 Å². The zero-order valence-corrected chi connectivity index (χ0v) is 10.3. The predicted molar refractivity (Wildman–Crippen MR) is 62.9 cm³/mol. The third-order valence-electron chi connectivity index (χ3n) is 3.19. The van der Waals surface area contributed by atoms with Crippen molar-refractivity contribution in [3.63, 3.8) is 0 Å². The molecule has 1 unspecified atom stereocenters. The van der Waals surface area contributed by atoms with Crippen molar-refractivity contribution >= 4 is 17.5 Å². The molecule has 0 spiro atoms. The fraction of sp³-hybridized carbons (Fsp3) is 0.909. The Morgan fingerprint density at radius 2 is 2.07 bits per heavy atom. The van der Waals surface area contributed by atoms with E-state index < -0.39 is 0 Å². The molecule has 0 radical (unpaired) electrons. The highest BCUT2D eigenvalue weighted by Gasteiger charge is 2.24. The molecular weight excluding hydrogens is 194 g/mol. The summed E-state index contributed by atoms with van der Waals surface area (Å²) in [5, 5.41) is 0. The second-order valence-electron chi connectivity index (χ2n) is 4.24. The normalized spacial score (nSPS) is 21.6. The topological polar surface area (TPSA) is 20.3 Å². The first kappa shape index (κ1) is 12.1. The largest absolute Gasteiger partial charge is 0.300 e. The molecule has 1 aliphatic rings. The van der Waals surface area contributed by atoms with Crippen molar-refractivity contribution in [1.82, 2.24) is 4.90 Å². The molecule has 0 aromatic carbocycles. The minimum absolute atomic E-state index is 0.451. The third-order valence-corrected chi connectivity index (χ3v) is 4.01. The minimum atomic E-state index is 0.451. The molecule has 0 saturated heterocycles. The van der Waals surface area contributed by atoms with E-state index in [0.29, 0.717) is 17.9 Å². The lowest BCUT2D eigenvalue weighted by Gasteiger charge is -2.34. The van der Waals surface area contributed by atoms with Crippen molar-refractivity contribution in [3.8, 4) is 0 Å².